The Morgan fingerprint density at radius 2 is 1.36 bits per heavy atom. The molecule has 1 rings (SSSR count). The van der Waals surface area contributed by atoms with Gasteiger partial charge < -0.3 is 14.6 Å². The fourth-order valence-corrected chi connectivity index (χ4v) is 1.80. The maximum Gasteiger partial charge on any atom is 0.331 e. The summed E-state index contributed by atoms with van der Waals surface area (Å²) < 4.78 is 10.3. The van der Waals surface area contributed by atoms with Crippen LogP contribution in [0.2, 0.25) is 0 Å². The normalized spacial score (nSPS) is 12.6. The van der Waals surface area contributed by atoms with Crippen LogP contribution in [0.5, 0.6) is 5.75 Å². The molecule has 0 spiro atoms. The van der Waals surface area contributed by atoms with Crippen molar-refractivity contribution in [2.75, 3.05) is 0 Å². The van der Waals surface area contributed by atoms with Crippen LogP contribution in [0, 0.1) is 0 Å². The first-order valence-corrected chi connectivity index (χ1v) is 8.01. The van der Waals surface area contributed by atoms with Crippen molar-refractivity contribution in [3.63, 3.8) is 0 Å². The van der Waals surface area contributed by atoms with E-state index in [-0.39, 0.29) is 5.75 Å². The van der Waals surface area contributed by atoms with E-state index in [0.29, 0.717) is 11.1 Å². The quantitative estimate of drug-likeness (QED) is 0.656. The lowest BCUT2D eigenvalue weighted by atomic mass is 10.1. The van der Waals surface area contributed by atoms with E-state index in [1.54, 1.807) is 59.8 Å². The number of esters is 2. The average Bonchev–Trinajstić information content (AvgIpc) is 2.40. The summed E-state index contributed by atoms with van der Waals surface area (Å²) in [6, 6.07) is 4.86. The van der Waals surface area contributed by atoms with Crippen molar-refractivity contribution >= 4 is 24.1 Å². The van der Waals surface area contributed by atoms with Gasteiger partial charge in [0.25, 0.3) is 0 Å². The molecule has 0 aromatic heterocycles. The minimum Gasteiger partial charge on any atom is -0.507 e. The van der Waals surface area contributed by atoms with Crippen LogP contribution < -0.4 is 0 Å². The number of phenolic OH excluding ortho intramolecular Hbond substituents is 1. The van der Waals surface area contributed by atoms with Crippen LogP contribution in [0.15, 0.2) is 30.4 Å². The lowest BCUT2D eigenvalue weighted by Gasteiger charge is -2.18. The minimum absolute atomic E-state index is 0.00820. The zero-order chi connectivity index (χ0) is 19.3. The Morgan fingerprint density at radius 3 is 1.80 bits per heavy atom. The van der Waals surface area contributed by atoms with Gasteiger partial charge in [0.2, 0.25) is 0 Å². The third-order valence-electron chi connectivity index (χ3n) is 2.68. The van der Waals surface area contributed by atoms with Crippen molar-refractivity contribution in [1.29, 1.82) is 0 Å². The van der Waals surface area contributed by atoms with Gasteiger partial charge in [-0.1, -0.05) is 12.1 Å². The molecule has 5 nitrogen and oxygen atoms in total. The molecule has 1 aromatic carbocycles. The highest BCUT2D eigenvalue weighted by atomic mass is 16.6. The van der Waals surface area contributed by atoms with Gasteiger partial charge in [0, 0.05) is 17.7 Å². The van der Waals surface area contributed by atoms with E-state index < -0.39 is 23.1 Å². The van der Waals surface area contributed by atoms with Crippen LogP contribution in [0.25, 0.3) is 12.2 Å². The summed E-state index contributed by atoms with van der Waals surface area (Å²) in [7, 11) is 0. The third kappa shape index (κ3) is 8.74. The summed E-state index contributed by atoms with van der Waals surface area (Å²) in [5.41, 5.74) is -0.0160. The first-order chi connectivity index (χ1) is 11.4. The first kappa shape index (κ1) is 20.5. The highest BCUT2D eigenvalue weighted by Gasteiger charge is 2.14. The van der Waals surface area contributed by atoms with Crippen LogP contribution in [0.3, 0.4) is 0 Å². The lowest BCUT2D eigenvalue weighted by Crippen LogP contribution is -2.22. The molecule has 1 aromatic rings. The van der Waals surface area contributed by atoms with E-state index in [0.717, 1.165) is 0 Å². The molecule has 0 aliphatic heterocycles. The standard InChI is InChI=1S/C20H26O5/c1-19(2,3)24-17(22)11-8-14-7-9-15(16(21)13-14)10-12-18(23)25-20(4,5)6/h7-13,21H,1-6H3/b11-8+,12-10+. The lowest BCUT2D eigenvalue weighted by molar-refractivity contribution is -0.149. The highest BCUT2D eigenvalue weighted by molar-refractivity contribution is 5.89. The van der Waals surface area contributed by atoms with Crippen molar-refractivity contribution < 1.29 is 24.2 Å². The largest absolute Gasteiger partial charge is 0.507 e. The number of hydrogen-bond acceptors (Lipinski definition) is 5. The molecule has 0 fully saturated rings. The molecule has 0 saturated heterocycles. The number of carbonyl (C=O) groups is 2. The zero-order valence-electron chi connectivity index (χ0n) is 15.6. The van der Waals surface area contributed by atoms with E-state index >= 15 is 0 Å². The Bertz CT molecular complexity index is 685. The summed E-state index contributed by atoms with van der Waals surface area (Å²) in [6.07, 6.45) is 5.59. The Hall–Kier alpha value is -2.56. The van der Waals surface area contributed by atoms with Crippen LogP contribution in [-0.2, 0) is 19.1 Å². The Morgan fingerprint density at radius 1 is 0.880 bits per heavy atom. The van der Waals surface area contributed by atoms with Gasteiger partial charge in [-0.05, 0) is 65.3 Å². The Balaban J connectivity index is 2.77. The molecule has 5 heteroatoms. The first-order valence-electron chi connectivity index (χ1n) is 8.01. The van der Waals surface area contributed by atoms with Crippen molar-refractivity contribution in [3.8, 4) is 5.75 Å². The van der Waals surface area contributed by atoms with E-state index in [4.69, 9.17) is 9.47 Å². The summed E-state index contributed by atoms with van der Waals surface area (Å²) in [6.45, 7) is 10.7. The number of hydrogen-bond donors (Lipinski definition) is 1. The zero-order valence-corrected chi connectivity index (χ0v) is 15.6. The number of ether oxygens (including phenoxy) is 2. The van der Waals surface area contributed by atoms with Gasteiger partial charge in [0.05, 0.1) is 0 Å². The van der Waals surface area contributed by atoms with Crippen molar-refractivity contribution in [2.24, 2.45) is 0 Å². The van der Waals surface area contributed by atoms with E-state index in [9.17, 15) is 14.7 Å². The molecule has 0 radical (unpaired) electrons. The SMILES string of the molecule is CC(C)(C)OC(=O)/C=C/c1ccc(/C=C/C(=O)OC(C)(C)C)c(O)c1. The molecule has 0 aliphatic carbocycles. The molecule has 0 aliphatic rings. The molecule has 0 saturated carbocycles. The maximum absolute atomic E-state index is 11.6. The smallest absolute Gasteiger partial charge is 0.331 e. The minimum atomic E-state index is -0.570. The number of rotatable bonds is 4. The monoisotopic (exact) mass is 346 g/mol. The number of aromatic hydroxyl groups is 1. The van der Waals surface area contributed by atoms with E-state index in [2.05, 4.69) is 0 Å². The molecular formula is C20H26O5. The van der Waals surface area contributed by atoms with Crippen LogP contribution in [-0.4, -0.2) is 28.2 Å². The topological polar surface area (TPSA) is 72.8 Å². The summed E-state index contributed by atoms with van der Waals surface area (Å²) >= 11 is 0. The molecule has 136 valence electrons. The summed E-state index contributed by atoms with van der Waals surface area (Å²) in [4.78, 5) is 23.3. The van der Waals surface area contributed by atoms with E-state index in [1.165, 1.54) is 24.3 Å². The van der Waals surface area contributed by atoms with Gasteiger partial charge in [-0.15, -0.1) is 0 Å². The number of benzene rings is 1. The second-order valence-electron chi connectivity index (χ2n) is 7.55. The van der Waals surface area contributed by atoms with Gasteiger partial charge >= 0.3 is 11.9 Å². The van der Waals surface area contributed by atoms with Crippen molar-refractivity contribution in [3.05, 3.63) is 41.5 Å². The van der Waals surface area contributed by atoms with Gasteiger partial charge in [0.15, 0.2) is 0 Å². The van der Waals surface area contributed by atoms with Crippen LogP contribution in [0.4, 0.5) is 0 Å². The summed E-state index contributed by atoms with van der Waals surface area (Å²) in [5, 5.41) is 10.0. The van der Waals surface area contributed by atoms with Crippen LogP contribution in [0.1, 0.15) is 52.7 Å². The molecule has 0 amide bonds. The predicted octanol–water partition coefficient (Wildman–Crippen LogP) is 4.10. The number of phenols is 1. The Labute approximate surface area is 149 Å². The molecule has 1 N–H and O–H groups in total. The van der Waals surface area contributed by atoms with Gasteiger partial charge in [0.1, 0.15) is 17.0 Å². The second-order valence-corrected chi connectivity index (χ2v) is 7.55. The predicted molar refractivity (Wildman–Crippen MR) is 97.9 cm³/mol. The fraction of sp³-hybridized carbons (Fsp3) is 0.400. The van der Waals surface area contributed by atoms with Crippen molar-refractivity contribution in [1.82, 2.24) is 0 Å². The van der Waals surface area contributed by atoms with Gasteiger partial charge in [-0.2, -0.15) is 0 Å². The molecule has 0 unspecified atom stereocenters. The van der Waals surface area contributed by atoms with Crippen molar-refractivity contribution in [2.45, 2.75) is 52.7 Å². The molecule has 25 heavy (non-hydrogen) atoms. The Kier molecular flexibility index (Phi) is 6.56. The second kappa shape index (κ2) is 8.01. The fourth-order valence-electron chi connectivity index (χ4n) is 1.80. The van der Waals surface area contributed by atoms with Gasteiger partial charge in [-0.3, -0.25) is 0 Å². The van der Waals surface area contributed by atoms with Gasteiger partial charge in [-0.25, -0.2) is 9.59 Å². The third-order valence-corrected chi connectivity index (χ3v) is 2.68. The summed E-state index contributed by atoms with van der Waals surface area (Å²) in [5.74, 6) is -0.951. The highest BCUT2D eigenvalue weighted by Crippen LogP contribution is 2.21. The average molecular weight is 346 g/mol. The molecule has 0 bridgehead atoms. The maximum atomic E-state index is 11.6. The van der Waals surface area contributed by atoms with E-state index in [1.807, 2.05) is 0 Å². The molecule has 0 atom stereocenters. The number of carbonyl (C=O) groups excluding carboxylic acids is 2. The van der Waals surface area contributed by atoms with Crippen LogP contribution >= 0.6 is 0 Å². The molecule has 0 heterocycles. The molecular weight excluding hydrogens is 320 g/mol.